The quantitative estimate of drug-likeness (QED) is 0.103. The molecule has 2 N–H and O–H groups in total. The van der Waals surface area contributed by atoms with Gasteiger partial charge in [-0.05, 0) is 56.0 Å². The summed E-state index contributed by atoms with van der Waals surface area (Å²) in [6, 6.07) is 33.7. The van der Waals surface area contributed by atoms with Crippen molar-refractivity contribution in [3.05, 3.63) is 147 Å². The Kier molecular flexibility index (Phi) is 10.2. The molecule has 0 aromatic heterocycles. The first-order chi connectivity index (χ1) is 18.0. The summed E-state index contributed by atoms with van der Waals surface area (Å²) in [4.78, 5) is 0. The van der Waals surface area contributed by atoms with E-state index in [0.717, 1.165) is 13.0 Å². The molecule has 4 aromatic rings. The van der Waals surface area contributed by atoms with Gasteiger partial charge in [-0.25, -0.2) is 4.58 Å². The van der Waals surface area contributed by atoms with E-state index < -0.39 is 5.54 Å². The van der Waals surface area contributed by atoms with Crippen molar-refractivity contribution in [2.24, 2.45) is 0 Å². The SMILES string of the molecule is CCCC[CH-]C[N+]1=C(c2c(C)c(C)cc(C)c2C)c2ccccc2C1(c1ccccc1)c1ccccc1.O.[Os+]. The third-order valence-electron chi connectivity index (χ3n) is 8.31. The van der Waals surface area contributed by atoms with E-state index in [4.69, 9.17) is 0 Å². The standard InChI is InChI=1S/C36H39N.H2O.Os/c1-6-7-8-17-24-37-35(34-28(4)26(2)25-27(3)29(34)5)32-22-15-16-23-33(32)36(37,30-18-11-9-12-19-30)31-20-13-10-14-21-31;;/h9-23,25H,6-8,24H2,1-5H3;1H2;/q;;+1. The summed E-state index contributed by atoms with van der Waals surface area (Å²) in [7, 11) is 0. The maximum atomic E-state index is 2.71. The zero-order valence-corrected chi connectivity index (χ0v) is 26.4. The van der Waals surface area contributed by atoms with Crippen LogP contribution in [0.4, 0.5) is 0 Å². The van der Waals surface area contributed by atoms with Crippen molar-refractivity contribution >= 4 is 5.71 Å². The predicted molar refractivity (Wildman–Crippen MR) is 160 cm³/mol. The maximum absolute atomic E-state index is 2.71. The Morgan fingerprint density at radius 2 is 1.23 bits per heavy atom. The largest absolute Gasteiger partial charge is 1.00 e. The maximum Gasteiger partial charge on any atom is 1.00 e. The minimum atomic E-state index is -0.409. The topological polar surface area (TPSA) is 34.5 Å². The van der Waals surface area contributed by atoms with Gasteiger partial charge in [0, 0.05) is 23.2 Å². The third kappa shape index (κ3) is 5.20. The molecule has 1 radical (unpaired) electrons. The summed E-state index contributed by atoms with van der Waals surface area (Å²) in [6.45, 7) is 12.3. The van der Waals surface area contributed by atoms with Crippen molar-refractivity contribution < 1.29 is 29.8 Å². The third-order valence-corrected chi connectivity index (χ3v) is 8.31. The van der Waals surface area contributed by atoms with E-state index in [0.29, 0.717) is 0 Å². The van der Waals surface area contributed by atoms with Crippen molar-refractivity contribution in [1.82, 2.24) is 0 Å². The van der Waals surface area contributed by atoms with E-state index in [-0.39, 0.29) is 25.3 Å². The molecule has 0 aliphatic carbocycles. The number of nitrogens with zero attached hydrogens (tertiary/aromatic N) is 1. The second-order valence-electron chi connectivity index (χ2n) is 10.5. The molecule has 0 spiro atoms. The minimum Gasteiger partial charge on any atom is -0.412 e. The number of hydrogen-bond acceptors (Lipinski definition) is 0. The number of aryl methyl sites for hydroxylation is 2. The van der Waals surface area contributed by atoms with E-state index in [1.807, 2.05) is 0 Å². The van der Waals surface area contributed by atoms with Crippen LogP contribution in [0.3, 0.4) is 0 Å². The summed E-state index contributed by atoms with van der Waals surface area (Å²) in [5, 5.41) is 0. The summed E-state index contributed by atoms with van der Waals surface area (Å²) >= 11 is 0. The van der Waals surface area contributed by atoms with Crippen LogP contribution < -0.4 is 0 Å². The van der Waals surface area contributed by atoms with Crippen LogP contribution in [-0.2, 0) is 25.3 Å². The van der Waals surface area contributed by atoms with Gasteiger partial charge in [-0.2, -0.15) is 6.42 Å². The molecule has 0 amide bonds. The van der Waals surface area contributed by atoms with Gasteiger partial charge in [-0.3, -0.25) is 6.42 Å². The molecule has 1 aliphatic heterocycles. The zero-order valence-electron chi connectivity index (χ0n) is 23.9. The fraction of sp³-hybridized carbons (Fsp3) is 0.278. The molecule has 2 nitrogen and oxygen atoms in total. The van der Waals surface area contributed by atoms with Crippen LogP contribution >= 0.6 is 0 Å². The molecule has 0 unspecified atom stereocenters. The van der Waals surface area contributed by atoms with Gasteiger partial charge in [0.25, 0.3) is 0 Å². The molecule has 0 saturated heterocycles. The van der Waals surface area contributed by atoms with Gasteiger partial charge < -0.3 is 5.48 Å². The molecule has 1 aliphatic rings. The van der Waals surface area contributed by atoms with Crippen LogP contribution in [0.2, 0.25) is 0 Å². The smallest absolute Gasteiger partial charge is 0.412 e. The molecule has 3 heteroatoms. The minimum absolute atomic E-state index is 0. The Hall–Kier alpha value is -2.85. The molecule has 0 bridgehead atoms. The van der Waals surface area contributed by atoms with Gasteiger partial charge in [-0.1, -0.05) is 105 Å². The zero-order chi connectivity index (χ0) is 26.0. The Morgan fingerprint density at radius 1 is 0.718 bits per heavy atom. The van der Waals surface area contributed by atoms with Crippen molar-refractivity contribution in [2.45, 2.75) is 59.4 Å². The van der Waals surface area contributed by atoms with Gasteiger partial charge >= 0.3 is 19.8 Å². The molecule has 4 aromatic carbocycles. The molecule has 0 fully saturated rings. The molecule has 0 saturated carbocycles. The number of hydrogen-bond donors (Lipinski definition) is 0. The second kappa shape index (κ2) is 13.0. The number of rotatable bonds is 8. The average molecular weight is 694 g/mol. The molecular formula is C36H41NOOs+. The fourth-order valence-corrected chi connectivity index (χ4v) is 6.25. The van der Waals surface area contributed by atoms with Gasteiger partial charge in [0.2, 0.25) is 11.3 Å². The van der Waals surface area contributed by atoms with E-state index in [2.05, 4.69) is 137 Å². The van der Waals surface area contributed by atoms with Crippen LogP contribution in [0.15, 0.2) is 91.0 Å². The normalized spacial score (nSPS) is 13.5. The molecule has 203 valence electrons. The molecule has 39 heavy (non-hydrogen) atoms. The predicted octanol–water partition coefficient (Wildman–Crippen LogP) is 7.64. The van der Waals surface area contributed by atoms with Crippen LogP contribution in [0, 0.1) is 34.1 Å². The Bertz CT molecular complexity index is 1370. The second-order valence-corrected chi connectivity index (χ2v) is 10.5. The Balaban J connectivity index is 0.00000210. The molecule has 1 heterocycles. The number of benzene rings is 4. The molecule has 0 atom stereocenters. The summed E-state index contributed by atoms with van der Waals surface area (Å²) in [5.74, 6) is 0. The number of unbranched alkanes of at least 4 members (excludes halogenated alkanes) is 3. The van der Waals surface area contributed by atoms with Crippen molar-refractivity contribution in [3.63, 3.8) is 0 Å². The summed E-state index contributed by atoms with van der Waals surface area (Å²) < 4.78 is 2.71. The van der Waals surface area contributed by atoms with E-state index in [9.17, 15) is 0 Å². The van der Waals surface area contributed by atoms with E-state index in [1.165, 1.54) is 68.6 Å². The number of fused-ring (bicyclic) bond motifs is 1. The first-order valence-corrected chi connectivity index (χ1v) is 13.8. The van der Waals surface area contributed by atoms with Crippen LogP contribution in [0.1, 0.15) is 76.3 Å². The molecular weight excluding hydrogens is 653 g/mol. The van der Waals surface area contributed by atoms with Gasteiger partial charge in [0.05, 0.1) is 11.1 Å². The van der Waals surface area contributed by atoms with Gasteiger partial charge in [-0.15, -0.1) is 0 Å². The van der Waals surface area contributed by atoms with Gasteiger partial charge in [0.15, 0.2) is 0 Å². The monoisotopic (exact) mass is 695 g/mol. The van der Waals surface area contributed by atoms with E-state index in [1.54, 1.807) is 0 Å². The van der Waals surface area contributed by atoms with E-state index >= 15 is 0 Å². The van der Waals surface area contributed by atoms with Crippen molar-refractivity contribution in [1.29, 1.82) is 0 Å². The first-order valence-electron chi connectivity index (χ1n) is 13.8. The van der Waals surface area contributed by atoms with Crippen LogP contribution in [0.25, 0.3) is 0 Å². The summed E-state index contributed by atoms with van der Waals surface area (Å²) in [6.07, 6.45) is 6.07. The Morgan fingerprint density at radius 3 is 1.77 bits per heavy atom. The Labute approximate surface area is 248 Å². The average Bonchev–Trinajstić information content (AvgIpc) is 3.22. The van der Waals surface area contributed by atoms with Crippen LogP contribution in [0.5, 0.6) is 0 Å². The van der Waals surface area contributed by atoms with Crippen LogP contribution in [-0.4, -0.2) is 22.3 Å². The van der Waals surface area contributed by atoms with Gasteiger partial charge in [0.1, 0.15) is 0 Å². The molecule has 5 rings (SSSR count). The first kappa shape index (κ1) is 30.7. The van der Waals surface area contributed by atoms with Crippen molar-refractivity contribution in [3.8, 4) is 0 Å². The summed E-state index contributed by atoms with van der Waals surface area (Å²) in [5.41, 5.74) is 13.1. The fourth-order valence-electron chi connectivity index (χ4n) is 6.25. The van der Waals surface area contributed by atoms with Crippen molar-refractivity contribution in [2.75, 3.05) is 6.54 Å².